The Bertz CT molecular complexity index is 581. The number of aliphatic hydroxyl groups excluding tert-OH is 1. The predicted molar refractivity (Wildman–Crippen MR) is 78.7 cm³/mol. The molecule has 0 radical (unpaired) electrons. The van der Waals surface area contributed by atoms with Crippen LogP contribution in [0.4, 0.5) is 8.78 Å². The third kappa shape index (κ3) is 4.47. The summed E-state index contributed by atoms with van der Waals surface area (Å²) in [5, 5.41) is 13.2. The number of halogens is 2. The summed E-state index contributed by atoms with van der Waals surface area (Å²) in [7, 11) is 0. The van der Waals surface area contributed by atoms with Gasteiger partial charge in [0.2, 0.25) is 0 Å². The highest BCUT2D eigenvalue weighted by Gasteiger charge is 2.15. The zero-order chi connectivity index (χ0) is 15.9. The van der Waals surface area contributed by atoms with E-state index in [1.807, 2.05) is 6.92 Å². The summed E-state index contributed by atoms with van der Waals surface area (Å²) in [6.07, 6.45) is 2.51. The number of pyridine rings is 1. The molecule has 4 nitrogen and oxygen atoms in total. The molecular formula is C16H18F2N2O2. The fourth-order valence-electron chi connectivity index (χ4n) is 2.14. The monoisotopic (exact) mass is 308 g/mol. The van der Waals surface area contributed by atoms with Crippen LogP contribution in [0.25, 0.3) is 0 Å². The van der Waals surface area contributed by atoms with Crippen LogP contribution in [0.15, 0.2) is 48.8 Å². The fourth-order valence-corrected chi connectivity index (χ4v) is 2.14. The SMILES string of the molecule is CC(NCC(O)c1ccncc1)c1ccccc1OC(F)F. The van der Waals surface area contributed by atoms with E-state index in [1.165, 1.54) is 6.07 Å². The second-order valence-electron chi connectivity index (χ2n) is 4.84. The Morgan fingerprint density at radius 2 is 1.86 bits per heavy atom. The molecule has 2 N–H and O–H groups in total. The summed E-state index contributed by atoms with van der Waals surface area (Å²) in [6, 6.07) is 9.82. The van der Waals surface area contributed by atoms with Gasteiger partial charge in [-0.3, -0.25) is 4.98 Å². The van der Waals surface area contributed by atoms with Gasteiger partial charge in [0.15, 0.2) is 0 Å². The number of hydrogen-bond acceptors (Lipinski definition) is 4. The first-order chi connectivity index (χ1) is 10.6. The maximum Gasteiger partial charge on any atom is 0.387 e. The summed E-state index contributed by atoms with van der Waals surface area (Å²) >= 11 is 0. The zero-order valence-electron chi connectivity index (χ0n) is 12.1. The lowest BCUT2D eigenvalue weighted by Gasteiger charge is -2.20. The highest BCUT2D eigenvalue weighted by Crippen LogP contribution is 2.26. The maximum atomic E-state index is 12.4. The highest BCUT2D eigenvalue weighted by molar-refractivity contribution is 5.35. The molecule has 0 aliphatic carbocycles. The molecule has 0 fully saturated rings. The molecule has 6 heteroatoms. The van der Waals surface area contributed by atoms with Gasteiger partial charge in [-0.2, -0.15) is 8.78 Å². The zero-order valence-corrected chi connectivity index (χ0v) is 12.1. The van der Waals surface area contributed by atoms with Crippen LogP contribution in [0.5, 0.6) is 5.75 Å². The number of para-hydroxylation sites is 1. The Kier molecular flexibility index (Phi) is 5.80. The van der Waals surface area contributed by atoms with Crippen molar-refractivity contribution in [2.45, 2.75) is 25.7 Å². The summed E-state index contributed by atoms with van der Waals surface area (Å²) in [4.78, 5) is 3.89. The van der Waals surface area contributed by atoms with Crippen molar-refractivity contribution in [2.75, 3.05) is 6.54 Å². The van der Waals surface area contributed by atoms with Crippen molar-refractivity contribution in [1.29, 1.82) is 0 Å². The highest BCUT2D eigenvalue weighted by atomic mass is 19.3. The number of rotatable bonds is 7. The molecular weight excluding hydrogens is 290 g/mol. The molecule has 0 saturated heterocycles. The van der Waals surface area contributed by atoms with E-state index in [2.05, 4.69) is 15.0 Å². The summed E-state index contributed by atoms with van der Waals surface area (Å²) in [6.45, 7) is -0.753. The number of aromatic nitrogens is 1. The van der Waals surface area contributed by atoms with Crippen molar-refractivity contribution in [2.24, 2.45) is 0 Å². The molecule has 0 spiro atoms. The number of hydrogen-bond donors (Lipinski definition) is 2. The third-order valence-corrected chi connectivity index (χ3v) is 3.31. The first-order valence-electron chi connectivity index (χ1n) is 6.93. The van der Waals surface area contributed by atoms with Crippen molar-refractivity contribution < 1.29 is 18.6 Å². The third-order valence-electron chi connectivity index (χ3n) is 3.31. The molecule has 0 aliphatic rings. The van der Waals surface area contributed by atoms with Crippen LogP contribution < -0.4 is 10.1 Å². The Balaban J connectivity index is 1.99. The van der Waals surface area contributed by atoms with Crippen molar-refractivity contribution >= 4 is 0 Å². The van der Waals surface area contributed by atoms with Crippen LogP contribution in [0.1, 0.15) is 30.2 Å². The number of nitrogens with one attached hydrogen (secondary N) is 1. The Labute approximate surface area is 127 Å². The molecule has 2 rings (SSSR count). The molecule has 2 aromatic rings. The van der Waals surface area contributed by atoms with E-state index in [1.54, 1.807) is 42.7 Å². The normalized spacial score (nSPS) is 13.9. The summed E-state index contributed by atoms with van der Waals surface area (Å²) in [5.41, 5.74) is 1.36. The second-order valence-corrected chi connectivity index (χ2v) is 4.84. The summed E-state index contributed by atoms with van der Waals surface area (Å²) in [5.74, 6) is 0.135. The molecule has 118 valence electrons. The smallest absolute Gasteiger partial charge is 0.387 e. The first-order valence-corrected chi connectivity index (χ1v) is 6.93. The lowest BCUT2D eigenvalue weighted by atomic mass is 10.1. The molecule has 0 bridgehead atoms. The molecule has 0 aliphatic heterocycles. The number of nitrogens with zero attached hydrogens (tertiary/aromatic N) is 1. The van der Waals surface area contributed by atoms with Crippen LogP contribution >= 0.6 is 0 Å². The van der Waals surface area contributed by atoms with Gasteiger partial charge in [-0.25, -0.2) is 0 Å². The number of alkyl halides is 2. The molecule has 2 unspecified atom stereocenters. The number of benzene rings is 1. The van der Waals surface area contributed by atoms with Crippen LogP contribution in [-0.4, -0.2) is 23.2 Å². The van der Waals surface area contributed by atoms with Crippen LogP contribution in [0.2, 0.25) is 0 Å². The molecule has 1 aromatic carbocycles. The molecule has 22 heavy (non-hydrogen) atoms. The molecule has 0 saturated carbocycles. The minimum atomic E-state index is -2.87. The Morgan fingerprint density at radius 3 is 2.55 bits per heavy atom. The van der Waals surface area contributed by atoms with E-state index in [9.17, 15) is 13.9 Å². The molecule has 0 amide bonds. The second kappa shape index (κ2) is 7.82. The van der Waals surface area contributed by atoms with Gasteiger partial charge in [-0.1, -0.05) is 18.2 Å². The van der Waals surface area contributed by atoms with Gasteiger partial charge in [0.05, 0.1) is 6.10 Å². The van der Waals surface area contributed by atoms with Crippen LogP contribution in [-0.2, 0) is 0 Å². The molecule has 2 atom stereocenters. The van der Waals surface area contributed by atoms with Crippen LogP contribution in [0.3, 0.4) is 0 Å². The predicted octanol–water partition coefficient (Wildman–Crippen LogP) is 3.07. The largest absolute Gasteiger partial charge is 0.434 e. The molecule has 1 aromatic heterocycles. The van der Waals surface area contributed by atoms with E-state index in [-0.39, 0.29) is 18.3 Å². The van der Waals surface area contributed by atoms with E-state index in [0.717, 1.165) is 5.56 Å². The standard InChI is InChI=1S/C16H18F2N2O2/c1-11(13-4-2-3-5-15(13)22-16(17)18)20-10-14(21)12-6-8-19-9-7-12/h2-9,11,14,16,20-21H,10H2,1H3. The Hall–Kier alpha value is -2.05. The lowest BCUT2D eigenvalue weighted by Crippen LogP contribution is -2.25. The minimum absolute atomic E-state index is 0.135. The van der Waals surface area contributed by atoms with Gasteiger partial charge in [0.25, 0.3) is 0 Å². The van der Waals surface area contributed by atoms with Crippen molar-refractivity contribution in [3.63, 3.8) is 0 Å². The van der Waals surface area contributed by atoms with Gasteiger partial charge in [0, 0.05) is 30.5 Å². The van der Waals surface area contributed by atoms with Crippen molar-refractivity contribution in [3.05, 3.63) is 59.9 Å². The minimum Gasteiger partial charge on any atom is -0.434 e. The van der Waals surface area contributed by atoms with E-state index >= 15 is 0 Å². The topological polar surface area (TPSA) is 54.4 Å². The van der Waals surface area contributed by atoms with E-state index in [0.29, 0.717) is 5.56 Å². The summed E-state index contributed by atoms with van der Waals surface area (Å²) < 4.78 is 29.3. The van der Waals surface area contributed by atoms with Crippen molar-refractivity contribution in [3.8, 4) is 5.75 Å². The van der Waals surface area contributed by atoms with Crippen molar-refractivity contribution in [1.82, 2.24) is 10.3 Å². The average Bonchev–Trinajstić information content (AvgIpc) is 2.53. The van der Waals surface area contributed by atoms with Gasteiger partial charge in [0.1, 0.15) is 5.75 Å². The van der Waals surface area contributed by atoms with E-state index < -0.39 is 12.7 Å². The maximum absolute atomic E-state index is 12.4. The Morgan fingerprint density at radius 1 is 1.18 bits per heavy atom. The number of ether oxygens (including phenoxy) is 1. The van der Waals surface area contributed by atoms with Gasteiger partial charge < -0.3 is 15.2 Å². The van der Waals surface area contributed by atoms with Gasteiger partial charge in [-0.15, -0.1) is 0 Å². The van der Waals surface area contributed by atoms with Gasteiger partial charge >= 0.3 is 6.61 Å². The number of aliphatic hydroxyl groups is 1. The molecule has 1 heterocycles. The van der Waals surface area contributed by atoms with Crippen LogP contribution in [0, 0.1) is 0 Å². The first kappa shape index (κ1) is 16.3. The van der Waals surface area contributed by atoms with E-state index in [4.69, 9.17) is 0 Å². The average molecular weight is 308 g/mol. The van der Waals surface area contributed by atoms with Gasteiger partial charge in [-0.05, 0) is 30.7 Å². The lowest BCUT2D eigenvalue weighted by molar-refractivity contribution is -0.0507. The fraction of sp³-hybridized carbons (Fsp3) is 0.312. The quantitative estimate of drug-likeness (QED) is 0.825.